The standard InChI is InChI=1S/C25H25NO2/c1-25(2,3)26-15-21-22(27)13-18(14-23(21)28)24-19-10-6-4-8-16(19)12-17-9-5-7-11-20(17)24/h4-12,15,18,26H,13-14H2,1-3H3. The van der Waals surface area contributed by atoms with Crippen LogP contribution in [0.15, 0.2) is 66.4 Å². The first-order valence-electron chi connectivity index (χ1n) is 9.78. The number of hydrogen-bond acceptors (Lipinski definition) is 3. The predicted octanol–water partition coefficient (Wildman–Crippen LogP) is 5.28. The Bertz CT molecular complexity index is 1040. The minimum Gasteiger partial charge on any atom is -0.386 e. The van der Waals surface area contributed by atoms with Gasteiger partial charge < -0.3 is 5.32 Å². The molecular formula is C25H25NO2. The average molecular weight is 371 g/mol. The zero-order valence-electron chi connectivity index (χ0n) is 16.6. The van der Waals surface area contributed by atoms with Crippen molar-refractivity contribution in [2.75, 3.05) is 0 Å². The molecule has 0 radical (unpaired) electrons. The van der Waals surface area contributed by atoms with Crippen LogP contribution in [0.5, 0.6) is 0 Å². The third-order valence-electron chi connectivity index (χ3n) is 5.34. The summed E-state index contributed by atoms with van der Waals surface area (Å²) < 4.78 is 0. The van der Waals surface area contributed by atoms with E-state index >= 15 is 0 Å². The van der Waals surface area contributed by atoms with Crippen LogP contribution >= 0.6 is 0 Å². The summed E-state index contributed by atoms with van der Waals surface area (Å²) in [6.45, 7) is 6.02. The van der Waals surface area contributed by atoms with Crippen LogP contribution in [0.1, 0.15) is 45.1 Å². The molecule has 1 aliphatic carbocycles. The highest BCUT2D eigenvalue weighted by atomic mass is 16.1. The van der Waals surface area contributed by atoms with Crippen LogP contribution in [0.3, 0.4) is 0 Å². The third kappa shape index (κ3) is 3.45. The van der Waals surface area contributed by atoms with E-state index in [1.165, 1.54) is 0 Å². The Morgan fingerprint density at radius 3 is 1.86 bits per heavy atom. The van der Waals surface area contributed by atoms with Gasteiger partial charge in [-0.05, 0) is 59.9 Å². The van der Waals surface area contributed by atoms with E-state index in [-0.39, 0.29) is 23.0 Å². The Morgan fingerprint density at radius 2 is 1.36 bits per heavy atom. The number of benzene rings is 3. The molecule has 3 nitrogen and oxygen atoms in total. The zero-order valence-corrected chi connectivity index (χ0v) is 16.6. The highest BCUT2D eigenvalue weighted by Crippen LogP contribution is 2.40. The molecular weight excluding hydrogens is 346 g/mol. The molecule has 3 heteroatoms. The van der Waals surface area contributed by atoms with Gasteiger partial charge >= 0.3 is 0 Å². The van der Waals surface area contributed by atoms with Gasteiger partial charge in [0, 0.05) is 24.6 Å². The molecule has 0 aliphatic heterocycles. The number of allylic oxidation sites excluding steroid dienone is 1. The van der Waals surface area contributed by atoms with Crippen LogP contribution in [0.2, 0.25) is 0 Å². The molecule has 0 heterocycles. The number of rotatable bonds is 2. The number of hydrogen-bond donors (Lipinski definition) is 1. The van der Waals surface area contributed by atoms with Crippen molar-refractivity contribution in [1.82, 2.24) is 5.32 Å². The van der Waals surface area contributed by atoms with E-state index in [1.54, 1.807) is 6.20 Å². The predicted molar refractivity (Wildman–Crippen MR) is 114 cm³/mol. The molecule has 3 aromatic carbocycles. The molecule has 0 saturated heterocycles. The molecule has 0 amide bonds. The third-order valence-corrected chi connectivity index (χ3v) is 5.34. The fourth-order valence-electron chi connectivity index (χ4n) is 4.04. The van der Waals surface area contributed by atoms with Crippen LogP contribution in [-0.2, 0) is 9.59 Å². The van der Waals surface area contributed by atoms with Gasteiger partial charge in [0.1, 0.15) is 0 Å². The van der Waals surface area contributed by atoms with E-state index in [2.05, 4.69) is 35.6 Å². The monoisotopic (exact) mass is 371 g/mol. The van der Waals surface area contributed by atoms with Crippen molar-refractivity contribution in [3.63, 3.8) is 0 Å². The summed E-state index contributed by atoms with van der Waals surface area (Å²) in [5.74, 6) is -0.243. The van der Waals surface area contributed by atoms with Crippen LogP contribution < -0.4 is 5.32 Å². The molecule has 0 spiro atoms. The van der Waals surface area contributed by atoms with Gasteiger partial charge in [-0.3, -0.25) is 9.59 Å². The number of Topliss-reactive ketones (excluding diaryl/α,β-unsaturated/α-hetero) is 2. The highest BCUT2D eigenvalue weighted by molar-refractivity contribution is 6.22. The molecule has 142 valence electrons. The quantitative estimate of drug-likeness (QED) is 0.379. The van der Waals surface area contributed by atoms with Crippen LogP contribution in [-0.4, -0.2) is 17.1 Å². The maximum atomic E-state index is 12.8. The number of fused-ring (bicyclic) bond motifs is 2. The van der Waals surface area contributed by atoms with Gasteiger partial charge in [-0.15, -0.1) is 0 Å². The topological polar surface area (TPSA) is 46.2 Å². The normalized spacial score (nSPS) is 18.0. The summed E-state index contributed by atoms with van der Waals surface area (Å²) in [5.41, 5.74) is 1.24. The average Bonchev–Trinajstić information content (AvgIpc) is 2.64. The van der Waals surface area contributed by atoms with Gasteiger partial charge in [0.05, 0.1) is 5.57 Å². The second-order valence-corrected chi connectivity index (χ2v) is 8.64. The van der Waals surface area contributed by atoms with Gasteiger partial charge in [0.2, 0.25) is 0 Å². The molecule has 4 rings (SSSR count). The molecule has 0 atom stereocenters. The first kappa shape index (κ1) is 18.4. The van der Waals surface area contributed by atoms with Crippen molar-refractivity contribution in [2.45, 2.75) is 45.1 Å². The molecule has 3 aromatic rings. The SMILES string of the molecule is CC(C)(C)NC=C1C(=O)CC(c2c3ccccc3cc3ccccc23)CC1=O. The van der Waals surface area contributed by atoms with E-state index in [0.29, 0.717) is 18.4 Å². The number of nitrogens with one attached hydrogen (secondary N) is 1. The Balaban J connectivity index is 1.79. The maximum absolute atomic E-state index is 12.8. The lowest BCUT2D eigenvalue weighted by molar-refractivity contribution is -0.124. The fraction of sp³-hybridized carbons (Fsp3) is 0.280. The minimum absolute atomic E-state index is 0.0741. The lowest BCUT2D eigenvalue weighted by Gasteiger charge is -2.26. The summed E-state index contributed by atoms with van der Waals surface area (Å²) in [5, 5.41) is 7.72. The Kier molecular flexibility index (Phi) is 4.54. The number of ketones is 2. The van der Waals surface area contributed by atoms with Crippen LogP contribution in [0.4, 0.5) is 0 Å². The molecule has 28 heavy (non-hydrogen) atoms. The van der Waals surface area contributed by atoms with Crippen molar-refractivity contribution in [2.24, 2.45) is 0 Å². The molecule has 1 N–H and O–H groups in total. The van der Waals surface area contributed by atoms with Gasteiger partial charge in [-0.1, -0.05) is 48.5 Å². The zero-order chi connectivity index (χ0) is 19.9. The summed E-state index contributed by atoms with van der Waals surface area (Å²) in [7, 11) is 0. The van der Waals surface area contributed by atoms with Gasteiger partial charge in [-0.25, -0.2) is 0 Å². The first-order valence-corrected chi connectivity index (χ1v) is 9.78. The summed E-state index contributed by atoms with van der Waals surface area (Å²) >= 11 is 0. The smallest absolute Gasteiger partial charge is 0.168 e. The van der Waals surface area contributed by atoms with E-state index in [9.17, 15) is 9.59 Å². The van der Waals surface area contributed by atoms with E-state index in [0.717, 1.165) is 27.1 Å². The molecule has 1 aliphatic rings. The Labute approximate surface area is 165 Å². The molecule has 1 saturated carbocycles. The summed E-state index contributed by atoms with van der Waals surface area (Å²) in [6, 6.07) is 18.6. The molecule has 0 unspecified atom stereocenters. The minimum atomic E-state index is -0.184. The summed E-state index contributed by atoms with van der Waals surface area (Å²) in [4.78, 5) is 25.7. The van der Waals surface area contributed by atoms with Crippen LogP contribution in [0.25, 0.3) is 21.5 Å². The van der Waals surface area contributed by atoms with Crippen molar-refractivity contribution in [3.05, 3.63) is 71.9 Å². The maximum Gasteiger partial charge on any atom is 0.168 e. The molecule has 0 bridgehead atoms. The molecule has 0 aromatic heterocycles. The van der Waals surface area contributed by atoms with Gasteiger partial charge in [0.25, 0.3) is 0 Å². The number of carbonyl (C=O) groups excluding carboxylic acids is 2. The van der Waals surface area contributed by atoms with Gasteiger partial charge in [-0.2, -0.15) is 0 Å². The van der Waals surface area contributed by atoms with E-state index in [1.807, 2.05) is 45.0 Å². The molecule has 1 fully saturated rings. The van der Waals surface area contributed by atoms with Gasteiger partial charge in [0.15, 0.2) is 11.6 Å². The number of carbonyl (C=O) groups is 2. The second kappa shape index (κ2) is 6.90. The lowest BCUT2D eigenvalue weighted by atomic mass is 9.77. The van der Waals surface area contributed by atoms with Crippen LogP contribution in [0, 0.1) is 0 Å². The van der Waals surface area contributed by atoms with Crippen molar-refractivity contribution >= 4 is 33.1 Å². The van der Waals surface area contributed by atoms with E-state index < -0.39 is 0 Å². The van der Waals surface area contributed by atoms with Crippen molar-refractivity contribution in [3.8, 4) is 0 Å². The summed E-state index contributed by atoms with van der Waals surface area (Å²) in [6.07, 6.45) is 2.34. The van der Waals surface area contributed by atoms with Crippen molar-refractivity contribution < 1.29 is 9.59 Å². The largest absolute Gasteiger partial charge is 0.386 e. The Morgan fingerprint density at radius 1 is 0.857 bits per heavy atom. The van der Waals surface area contributed by atoms with Crippen molar-refractivity contribution in [1.29, 1.82) is 0 Å². The lowest BCUT2D eigenvalue weighted by Crippen LogP contribution is -2.34. The van der Waals surface area contributed by atoms with E-state index in [4.69, 9.17) is 0 Å². The Hall–Kier alpha value is -2.94. The second-order valence-electron chi connectivity index (χ2n) is 8.64. The first-order chi connectivity index (χ1) is 13.3. The fourth-order valence-corrected chi connectivity index (χ4v) is 4.04. The highest BCUT2D eigenvalue weighted by Gasteiger charge is 2.33.